The molecule has 2 heterocycles. The van der Waals surface area contributed by atoms with Crippen LogP contribution in [0.25, 0.3) is 0 Å². The first-order valence-corrected chi connectivity index (χ1v) is 8.74. The van der Waals surface area contributed by atoms with Gasteiger partial charge in [0.25, 0.3) is 0 Å². The van der Waals surface area contributed by atoms with Crippen LogP contribution in [-0.4, -0.2) is 55.8 Å². The first-order valence-electron chi connectivity index (χ1n) is 7.59. The number of nitriles is 1. The van der Waals surface area contributed by atoms with Gasteiger partial charge in [-0.3, -0.25) is 9.48 Å². The third-order valence-corrected chi connectivity index (χ3v) is 5.36. The highest BCUT2D eigenvalue weighted by atomic mass is 32.2. The van der Waals surface area contributed by atoms with E-state index in [1.54, 1.807) is 29.3 Å². The Labute approximate surface area is 134 Å². The summed E-state index contributed by atoms with van der Waals surface area (Å²) in [4.78, 5) is 17.8. The molecule has 1 N–H and O–H groups in total. The summed E-state index contributed by atoms with van der Waals surface area (Å²) >= 11 is 1.64. The van der Waals surface area contributed by atoms with Gasteiger partial charge < -0.3 is 10.2 Å². The van der Waals surface area contributed by atoms with Gasteiger partial charge in [-0.15, -0.1) is 11.8 Å². The van der Waals surface area contributed by atoms with Crippen LogP contribution in [0.2, 0.25) is 0 Å². The number of hydrogen-bond acceptors (Lipinski definition) is 6. The monoisotopic (exact) mass is 320 g/mol. The molecule has 2 fully saturated rings. The summed E-state index contributed by atoms with van der Waals surface area (Å²) in [5.41, 5.74) is 0. The molecule has 7 nitrogen and oxygen atoms in total. The van der Waals surface area contributed by atoms with E-state index in [-0.39, 0.29) is 11.9 Å². The average molecular weight is 320 g/mol. The maximum atomic E-state index is 12.2. The molecule has 8 heteroatoms. The summed E-state index contributed by atoms with van der Waals surface area (Å²) in [5.74, 6) is 1.99. The van der Waals surface area contributed by atoms with Gasteiger partial charge >= 0.3 is 0 Å². The van der Waals surface area contributed by atoms with Crippen LogP contribution in [0.1, 0.15) is 19.3 Å². The van der Waals surface area contributed by atoms with Crippen molar-refractivity contribution in [3.8, 4) is 6.07 Å². The topological polar surface area (TPSA) is 86.8 Å². The Balaban J connectivity index is 1.41. The van der Waals surface area contributed by atoms with E-state index in [9.17, 15) is 4.79 Å². The molecule has 3 unspecified atom stereocenters. The van der Waals surface area contributed by atoms with Crippen LogP contribution in [0.15, 0.2) is 12.7 Å². The molecule has 1 saturated heterocycles. The van der Waals surface area contributed by atoms with Crippen molar-refractivity contribution in [1.29, 1.82) is 5.26 Å². The molecule has 2 aliphatic rings. The molecule has 0 radical (unpaired) electrons. The second kappa shape index (κ2) is 7.11. The van der Waals surface area contributed by atoms with Gasteiger partial charge in [0.2, 0.25) is 5.91 Å². The van der Waals surface area contributed by atoms with E-state index in [1.807, 2.05) is 4.68 Å². The van der Waals surface area contributed by atoms with Crippen LogP contribution in [0.4, 0.5) is 0 Å². The second-order valence-electron chi connectivity index (χ2n) is 5.88. The van der Waals surface area contributed by atoms with E-state index in [4.69, 9.17) is 5.26 Å². The van der Waals surface area contributed by atoms with E-state index < -0.39 is 0 Å². The van der Waals surface area contributed by atoms with Gasteiger partial charge in [0.1, 0.15) is 18.7 Å². The minimum Gasteiger partial charge on any atom is -0.315 e. The molecule has 1 saturated carbocycles. The standard InChI is InChI=1S/C14H20N6OS/c15-4-13-7-22-10-20(13)14(21)5-17-12-2-1-11(3-12)6-19-9-16-8-18-19/h8-9,11-13,17H,1-3,5-7,10H2. The van der Waals surface area contributed by atoms with Gasteiger partial charge in [-0.05, 0) is 25.2 Å². The SMILES string of the molecule is N#CC1CSCN1C(=O)CNC1CCC(Cn2cncn2)C1. The molecule has 0 aromatic carbocycles. The van der Waals surface area contributed by atoms with E-state index in [1.165, 1.54) is 0 Å². The molecule has 1 aromatic rings. The predicted octanol–water partition coefficient (Wildman–Crippen LogP) is 0.461. The van der Waals surface area contributed by atoms with Gasteiger partial charge in [0.15, 0.2) is 0 Å². The highest BCUT2D eigenvalue weighted by Gasteiger charge is 2.30. The number of thioether (sulfide) groups is 1. The zero-order chi connectivity index (χ0) is 15.4. The average Bonchev–Trinajstić information content (AvgIpc) is 3.26. The van der Waals surface area contributed by atoms with Crippen molar-refractivity contribution in [2.24, 2.45) is 5.92 Å². The number of carbonyl (C=O) groups excluding carboxylic acids is 1. The van der Waals surface area contributed by atoms with E-state index in [0.717, 1.165) is 31.6 Å². The minimum atomic E-state index is -0.261. The van der Waals surface area contributed by atoms with Crippen molar-refractivity contribution >= 4 is 17.7 Å². The first-order chi connectivity index (χ1) is 10.8. The molecule has 1 aromatic heterocycles. The molecule has 3 atom stereocenters. The normalized spacial score (nSPS) is 28.0. The molecule has 1 aliphatic heterocycles. The number of hydrogen-bond donors (Lipinski definition) is 1. The van der Waals surface area contributed by atoms with Gasteiger partial charge in [-0.1, -0.05) is 0 Å². The Morgan fingerprint density at radius 2 is 2.41 bits per heavy atom. The summed E-state index contributed by atoms with van der Waals surface area (Å²) < 4.78 is 1.87. The van der Waals surface area contributed by atoms with Gasteiger partial charge in [-0.25, -0.2) is 4.98 Å². The van der Waals surface area contributed by atoms with Gasteiger partial charge in [-0.2, -0.15) is 10.4 Å². The second-order valence-corrected chi connectivity index (χ2v) is 6.88. The predicted molar refractivity (Wildman–Crippen MR) is 82.7 cm³/mol. The summed E-state index contributed by atoms with van der Waals surface area (Å²) in [5, 5.41) is 16.5. The van der Waals surface area contributed by atoms with Crippen molar-refractivity contribution in [2.45, 2.75) is 37.9 Å². The number of carbonyl (C=O) groups is 1. The van der Waals surface area contributed by atoms with Crippen LogP contribution in [0, 0.1) is 17.2 Å². The lowest BCUT2D eigenvalue weighted by Gasteiger charge is -2.20. The number of rotatable bonds is 5. The Morgan fingerprint density at radius 3 is 3.18 bits per heavy atom. The Morgan fingerprint density at radius 1 is 1.50 bits per heavy atom. The summed E-state index contributed by atoms with van der Waals surface area (Å²) in [6.07, 6.45) is 6.60. The molecule has 0 bridgehead atoms. The lowest BCUT2D eigenvalue weighted by Crippen LogP contribution is -2.43. The highest BCUT2D eigenvalue weighted by molar-refractivity contribution is 7.99. The van der Waals surface area contributed by atoms with Crippen LogP contribution in [-0.2, 0) is 11.3 Å². The first kappa shape index (κ1) is 15.3. The molecule has 0 spiro atoms. The Bertz CT molecular complexity index is 542. The third-order valence-electron chi connectivity index (χ3n) is 4.35. The zero-order valence-electron chi connectivity index (χ0n) is 12.4. The van der Waals surface area contributed by atoms with Gasteiger partial charge in [0.05, 0.1) is 18.5 Å². The van der Waals surface area contributed by atoms with Crippen LogP contribution < -0.4 is 5.32 Å². The van der Waals surface area contributed by atoms with E-state index >= 15 is 0 Å². The highest BCUT2D eigenvalue weighted by Crippen LogP contribution is 2.27. The summed E-state index contributed by atoms with van der Waals surface area (Å²) in [6, 6.07) is 2.32. The molecule has 118 valence electrons. The number of aromatic nitrogens is 3. The van der Waals surface area contributed by atoms with Crippen LogP contribution in [0.5, 0.6) is 0 Å². The van der Waals surface area contributed by atoms with Gasteiger partial charge in [0, 0.05) is 18.3 Å². The van der Waals surface area contributed by atoms with Crippen molar-refractivity contribution in [3.63, 3.8) is 0 Å². The Hall–Kier alpha value is -1.59. The van der Waals surface area contributed by atoms with Crippen LogP contribution in [0.3, 0.4) is 0 Å². The van der Waals surface area contributed by atoms with Crippen molar-refractivity contribution in [1.82, 2.24) is 25.0 Å². The fraction of sp³-hybridized carbons (Fsp3) is 0.714. The molecule has 1 aliphatic carbocycles. The van der Waals surface area contributed by atoms with Crippen molar-refractivity contribution in [2.75, 3.05) is 18.2 Å². The lowest BCUT2D eigenvalue weighted by atomic mass is 10.1. The fourth-order valence-corrected chi connectivity index (χ4v) is 4.25. The number of amides is 1. The molecule has 1 amide bonds. The molecule has 22 heavy (non-hydrogen) atoms. The maximum Gasteiger partial charge on any atom is 0.238 e. The van der Waals surface area contributed by atoms with E-state index in [0.29, 0.717) is 24.4 Å². The Kier molecular flexibility index (Phi) is 4.95. The van der Waals surface area contributed by atoms with Crippen molar-refractivity contribution in [3.05, 3.63) is 12.7 Å². The minimum absolute atomic E-state index is 0.0382. The number of nitrogens with one attached hydrogen (secondary N) is 1. The van der Waals surface area contributed by atoms with Crippen molar-refractivity contribution < 1.29 is 4.79 Å². The molecular formula is C14H20N6OS. The van der Waals surface area contributed by atoms with Crippen LogP contribution >= 0.6 is 11.8 Å². The number of nitrogens with zero attached hydrogens (tertiary/aromatic N) is 5. The quantitative estimate of drug-likeness (QED) is 0.848. The molecule has 3 rings (SSSR count). The zero-order valence-corrected chi connectivity index (χ0v) is 13.2. The fourth-order valence-electron chi connectivity index (χ4n) is 3.15. The smallest absolute Gasteiger partial charge is 0.238 e. The van der Waals surface area contributed by atoms with E-state index in [2.05, 4.69) is 21.5 Å². The lowest BCUT2D eigenvalue weighted by molar-refractivity contribution is -0.129. The summed E-state index contributed by atoms with van der Waals surface area (Å²) in [7, 11) is 0. The maximum absolute atomic E-state index is 12.2. The third kappa shape index (κ3) is 3.59. The summed E-state index contributed by atoms with van der Waals surface area (Å²) in [6.45, 7) is 1.23. The molecular weight excluding hydrogens is 300 g/mol. The largest absolute Gasteiger partial charge is 0.315 e.